The molecule has 0 atom stereocenters. The number of nitrogens with zero attached hydrogens (tertiary/aromatic N) is 1. The molecule has 0 aliphatic rings. The summed E-state index contributed by atoms with van der Waals surface area (Å²) < 4.78 is 1.42. The third-order valence-corrected chi connectivity index (χ3v) is 3.94. The Morgan fingerprint density at radius 2 is 0.682 bits per heavy atom. The number of halogens is 4. The van der Waals surface area contributed by atoms with Gasteiger partial charge in [0.05, 0.1) is 26.2 Å². The van der Waals surface area contributed by atoms with Crippen LogP contribution in [0.25, 0.3) is 0 Å². The zero-order valence-corrected chi connectivity index (χ0v) is 20.3. The van der Waals surface area contributed by atoms with Gasteiger partial charge in [0.2, 0.25) is 0 Å². The smallest absolute Gasteiger partial charge is 1.00 e. The third kappa shape index (κ3) is 20.0. The number of hydrogen-bond donors (Lipinski definition) is 0. The van der Waals surface area contributed by atoms with Crippen molar-refractivity contribution in [3.05, 3.63) is 0 Å². The van der Waals surface area contributed by atoms with E-state index in [1.165, 1.54) is 82.0 Å². The van der Waals surface area contributed by atoms with Crippen molar-refractivity contribution in [2.45, 2.75) is 79.1 Å². The van der Waals surface area contributed by atoms with E-state index in [9.17, 15) is 0 Å². The van der Waals surface area contributed by atoms with Crippen molar-refractivity contribution >= 4 is 0 Å². The second-order valence-electron chi connectivity index (χ2n) is 5.65. The molecule has 0 N–H and O–H groups in total. The topological polar surface area (TPSA) is 0 Å². The average molecular weight is 532 g/mol. The minimum absolute atomic E-state index is 0. The standard InChI is InChI=1S/C16H36N.BrH.3ClH.Rh/c1-5-9-13-17(14-10-6-2,15-11-7-3)16-12-8-4;;;;;/h5-16H2,1-4H3;4*1H;/q+1;;;;;+3/p-4. The van der Waals surface area contributed by atoms with E-state index < -0.39 is 0 Å². The van der Waals surface area contributed by atoms with Crippen molar-refractivity contribution in [3.63, 3.8) is 0 Å². The predicted molar refractivity (Wildman–Crippen MR) is 79.4 cm³/mol. The quantitative estimate of drug-likeness (QED) is 0.174. The van der Waals surface area contributed by atoms with Gasteiger partial charge >= 0.3 is 19.5 Å². The summed E-state index contributed by atoms with van der Waals surface area (Å²) in [7, 11) is 0. The minimum Gasteiger partial charge on any atom is -1.00 e. The van der Waals surface area contributed by atoms with E-state index in [0.717, 1.165) is 0 Å². The second-order valence-corrected chi connectivity index (χ2v) is 5.65. The van der Waals surface area contributed by atoms with E-state index in [2.05, 4.69) is 27.7 Å². The Kier molecular flexibility index (Phi) is 49.4. The van der Waals surface area contributed by atoms with Crippen LogP contribution in [-0.4, -0.2) is 30.7 Å². The van der Waals surface area contributed by atoms with Gasteiger partial charge in [-0.3, -0.25) is 0 Å². The summed E-state index contributed by atoms with van der Waals surface area (Å²) in [5.74, 6) is 0. The Bertz CT molecular complexity index is 140. The van der Waals surface area contributed by atoms with Gasteiger partial charge in [0, 0.05) is 0 Å². The van der Waals surface area contributed by atoms with Crippen molar-refractivity contribution < 1.29 is 78.2 Å². The number of quaternary nitrogens is 1. The van der Waals surface area contributed by atoms with Crippen molar-refractivity contribution in [2.24, 2.45) is 0 Å². The largest absolute Gasteiger partial charge is 3.00 e. The van der Waals surface area contributed by atoms with Crippen LogP contribution in [0.5, 0.6) is 0 Å². The first-order valence-electron chi connectivity index (χ1n) is 8.09. The molecule has 0 aliphatic carbocycles. The average Bonchev–Trinajstić information content (AvgIpc) is 2.37. The Morgan fingerprint density at radius 3 is 0.818 bits per heavy atom. The maximum atomic E-state index is 2.33. The molecule has 0 amide bonds. The Morgan fingerprint density at radius 1 is 0.500 bits per heavy atom. The monoisotopic (exact) mass is 529 g/mol. The normalized spacial score (nSPS) is 9.27. The Labute approximate surface area is 182 Å². The SMILES string of the molecule is CCCC[N+](CCCC)(CCCC)CCCC.[Br-].[Cl-].[Cl-].[Cl-].[Rh+3]. The van der Waals surface area contributed by atoms with Crippen molar-refractivity contribution in [1.29, 1.82) is 0 Å². The van der Waals surface area contributed by atoms with Gasteiger partial charge in [-0.25, -0.2) is 0 Å². The Hall–Kier alpha value is 1.93. The summed E-state index contributed by atoms with van der Waals surface area (Å²) >= 11 is 0. The molecule has 6 heteroatoms. The van der Waals surface area contributed by atoms with Gasteiger partial charge in [0.25, 0.3) is 0 Å². The van der Waals surface area contributed by atoms with E-state index in [-0.39, 0.29) is 73.7 Å². The summed E-state index contributed by atoms with van der Waals surface area (Å²) in [4.78, 5) is 0. The van der Waals surface area contributed by atoms with Crippen LogP contribution in [0.15, 0.2) is 0 Å². The van der Waals surface area contributed by atoms with Crippen molar-refractivity contribution in [2.75, 3.05) is 26.2 Å². The van der Waals surface area contributed by atoms with Crippen LogP contribution in [0, 0.1) is 0 Å². The van der Waals surface area contributed by atoms with Crippen LogP contribution in [0.4, 0.5) is 0 Å². The van der Waals surface area contributed by atoms with Crippen LogP contribution in [0.2, 0.25) is 0 Å². The van der Waals surface area contributed by atoms with E-state index in [4.69, 9.17) is 0 Å². The maximum absolute atomic E-state index is 2.33. The summed E-state index contributed by atoms with van der Waals surface area (Å²) in [6.07, 6.45) is 11.1. The first kappa shape index (κ1) is 39.1. The van der Waals surface area contributed by atoms with Crippen molar-refractivity contribution in [3.8, 4) is 0 Å². The van der Waals surface area contributed by atoms with Crippen LogP contribution in [0.3, 0.4) is 0 Å². The molecular formula is C16H36BrCl3NRh. The molecule has 0 bridgehead atoms. The zero-order chi connectivity index (χ0) is 13.0. The second kappa shape index (κ2) is 27.8. The molecule has 142 valence electrons. The van der Waals surface area contributed by atoms with Crippen LogP contribution in [-0.2, 0) is 19.5 Å². The fraction of sp³-hybridized carbons (Fsp3) is 1.00. The van der Waals surface area contributed by atoms with Crippen LogP contribution < -0.4 is 54.2 Å². The number of rotatable bonds is 12. The first-order valence-corrected chi connectivity index (χ1v) is 8.09. The molecule has 0 rings (SSSR count). The molecule has 0 aliphatic heterocycles. The predicted octanol–water partition coefficient (Wildman–Crippen LogP) is -6.98. The summed E-state index contributed by atoms with van der Waals surface area (Å²) in [5.41, 5.74) is 0. The fourth-order valence-corrected chi connectivity index (χ4v) is 2.64. The number of hydrogen-bond acceptors (Lipinski definition) is 0. The molecule has 0 saturated carbocycles. The van der Waals surface area contributed by atoms with Gasteiger partial charge in [-0.15, -0.1) is 0 Å². The summed E-state index contributed by atoms with van der Waals surface area (Å²) in [5, 5.41) is 0. The van der Waals surface area contributed by atoms with E-state index in [1.807, 2.05) is 0 Å². The van der Waals surface area contributed by atoms with Gasteiger partial charge in [0.1, 0.15) is 0 Å². The molecule has 0 radical (unpaired) electrons. The molecule has 0 saturated heterocycles. The van der Waals surface area contributed by atoms with E-state index in [1.54, 1.807) is 0 Å². The van der Waals surface area contributed by atoms with Gasteiger partial charge in [-0.2, -0.15) is 0 Å². The zero-order valence-electron chi connectivity index (χ0n) is 14.8. The van der Waals surface area contributed by atoms with Gasteiger partial charge < -0.3 is 58.7 Å². The summed E-state index contributed by atoms with van der Waals surface area (Å²) in [6.45, 7) is 15.0. The molecule has 0 fully saturated rings. The molecule has 0 aromatic heterocycles. The fourth-order valence-electron chi connectivity index (χ4n) is 2.64. The molecule has 22 heavy (non-hydrogen) atoms. The molecule has 0 heterocycles. The number of unbranched alkanes of at least 4 members (excludes halogenated alkanes) is 4. The minimum atomic E-state index is 0. The Balaban J connectivity index is -0.000000128. The molecular weight excluding hydrogens is 495 g/mol. The van der Waals surface area contributed by atoms with E-state index >= 15 is 0 Å². The molecule has 0 unspecified atom stereocenters. The first-order chi connectivity index (χ1) is 8.24. The molecule has 0 aromatic rings. The maximum Gasteiger partial charge on any atom is 3.00 e. The molecule has 0 aromatic carbocycles. The van der Waals surface area contributed by atoms with Crippen LogP contribution in [0.1, 0.15) is 79.1 Å². The van der Waals surface area contributed by atoms with E-state index in [0.29, 0.717) is 0 Å². The van der Waals surface area contributed by atoms with Gasteiger partial charge in [-0.1, -0.05) is 53.4 Å². The summed E-state index contributed by atoms with van der Waals surface area (Å²) in [6, 6.07) is 0. The van der Waals surface area contributed by atoms with Crippen LogP contribution >= 0.6 is 0 Å². The van der Waals surface area contributed by atoms with Gasteiger partial charge in [-0.05, 0) is 25.7 Å². The molecule has 1 nitrogen and oxygen atoms in total. The molecule has 0 spiro atoms. The van der Waals surface area contributed by atoms with Gasteiger partial charge in [0.15, 0.2) is 0 Å². The van der Waals surface area contributed by atoms with Crippen molar-refractivity contribution in [1.82, 2.24) is 0 Å². The third-order valence-electron chi connectivity index (χ3n) is 3.94.